The minimum Gasteiger partial charge on any atom is -0.356 e. The topological polar surface area (TPSA) is 27.6 Å². The van der Waals surface area contributed by atoms with Crippen LogP contribution >= 0.6 is 0 Å². The molecule has 1 N–H and O–H groups in total. The van der Waals surface area contributed by atoms with Gasteiger partial charge in [-0.15, -0.1) is 0 Å². The molecule has 15 heavy (non-hydrogen) atoms. The van der Waals surface area contributed by atoms with Crippen LogP contribution in [0.15, 0.2) is 4.99 Å². The highest BCUT2D eigenvalue weighted by atomic mass is 15.4. The van der Waals surface area contributed by atoms with Gasteiger partial charge < -0.3 is 10.2 Å². The van der Waals surface area contributed by atoms with E-state index in [1.807, 2.05) is 7.05 Å². The molecule has 0 amide bonds. The smallest absolute Gasteiger partial charge is 0.194 e. The van der Waals surface area contributed by atoms with Crippen molar-refractivity contribution < 1.29 is 0 Å². The third-order valence-corrected chi connectivity index (χ3v) is 3.88. The standard InChI is InChI=1S/C12H25N3/c1-7-8-14-10(13-6)15-9-11(2,3)12(15,4)5/h7-9H2,1-6H3,(H,13,14). The van der Waals surface area contributed by atoms with E-state index < -0.39 is 0 Å². The van der Waals surface area contributed by atoms with Crippen LogP contribution in [0.25, 0.3) is 0 Å². The summed E-state index contributed by atoms with van der Waals surface area (Å²) in [5, 5.41) is 3.39. The van der Waals surface area contributed by atoms with E-state index in [1.54, 1.807) is 0 Å². The molecular weight excluding hydrogens is 186 g/mol. The van der Waals surface area contributed by atoms with E-state index in [4.69, 9.17) is 0 Å². The fourth-order valence-electron chi connectivity index (χ4n) is 1.93. The van der Waals surface area contributed by atoms with E-state index in [0.29, 0.717) is 5.41 Å². The van der Waals surface area contributed by atoms with Crippen molar-refractivity contribution in [3.63, 3.8) is 0 Å². The van der Waals surface area contributed by atoms with E-state index in [-0.39, 0.29) is 5.54 Å². The summed E-state index contributed by atoms with van der Waals surface area (Å²) in [6.07, 6.45) is 1.14. The maximum Gasteiger partial charge on any atom is 0.194 e. The predicted octanol–water partition coefficient (Wildman–Crippen LogP) is 2.09. The Bertz CT molecular complexity index is 254. The van der Waals surface area contributed by atoms with Gasteiger partial charge in [-0.05, 0) is 20.3 Å². The van der Waals surface area contributed by atoms with Gasteiger partial charge in [0.25, 0.3) is 0 Å². The van der Waals surface area contributed by atoms with Crippen LogP contribution in [0.3, 0.4) is 0 Å². The Labute approximate surface area is 94.0 Å². The largest absolute Gasteiger partial charge is 0.356 e. The van der Waals surface area contributed by atoms with Crippen LogP contribution in [0.1, 0.15) is 41.0 Å². The Kier molecular flexibility index (Phi) is 3.31. The summed E-state index contributed by atoms with van der Waals surface area (Å²) >= 11 is 0. The number of rotatable bonds is 2. The lowest BCUT2D eigenvalue weighted by atomic mass is 9.65. The quantitative estimate of drug-likeness (QED) is 0.559. The molecule has 0 aromatic carbocycles. The number of nitrogens with one attached hydrogen (secondary N) is 1. The predicted molar refractivity (Wildman–Crippen MR) is 66.2 cm³/mol. The Morgan fingerprint density at radius 2 is 1.93 bits per heavy atom. The maximum atomic E-state index is 4.34. The highest BCUT2D eigenvalue weighted by Crippen LogP contribution is 2.46. The fourth-order valence-corrected chi connectivity index (χ4v) is 1.93. The highest BCUT2D eigenvalue weighted by Gasteiger charge is 2.53. The lowest BCUT2D eigenvalue weighted by Crippen LogP contribution is -2.72. The summed E-state index contributed by atoms with van der Waals surface area (Å²) in [5.41, 5.74) is 0.569. The molecule has 0 aromatic heterocycles. The van der Waals surface area contributed by atoms with Crippen LogP contribution in [0.5, 0.6) is 0 Å². The van der Waals surface area contributed by atoms with Crippen molar-refractivity contribution in [1.82, 2.24) is 10.2 Å². The summed E-state index contributed by atoms with van der Waals surface area (Å²) in [5.74, 6) is 1.04. The number of likely N-dealkylation sites (tertiary alicyclic amines) is 1. The molecule has 0 saturated carbocycles. The zero-order chi connectivity index (χ0) is 11.7. The number of nitrogens with zero attached hydrogens (tertiary/aromatic N) is 2. The molecule has 0 unspecified atom stereocenters. The van der Waals surface area contributed by atoms with Crippen LogP contribution in [0.2, 0.25) is 0 Å². The second kappa shape index (κ2) is 4.03. The summed E-state index contributed by atoms with van der Waals surface area (Å²) in [6.45, 7) is 13.5. The molecule has 0 bridgehead atoms. The second-order valence-electron chi connectivity index (χ2n) is 5.50. The number of hydrogen-bond acceptors (Lipinski definition) is 1. The van der Waals surface area contributed by atoms with Crippen molar-refractivity contribution in [1.29, 1.82) is 0 Å². The molecule has 0 spiro atoms. The molecule has 3 heteroatoms. The molecule has 1 saturated heterocycles. The summed E-state index contributed by atoms with van der Waals surface area (Å²) in [7, 11) is 1.86. The first kappa shape index (κ1) is 12.3. The summed E-state index contributed by atoms with van der Waals surface area (Å²) in [4.78, 5) is 6.70. The monoisotopic (exact) mass is 211 g/mol. The maximum absolute atomic E-state index is 4.34. The van der Waals surface area contributed by atoms with Gasteiger partial charge in [-0.2, -0.15) is 0 Å². The van der Waals surface area contributed by atoms with Crippen molar-refractivity contribution in [2.45, 2.75) is 46.6 Å². The van der Waals surface area contributed by atoms with E-state index in [9.17, 15) is 0 Å². The molecule has 1 fully saturated rings. The van der Waals surface area contributed by atoms with E-state index in [1.165, 1.54) is 0 Å². The zero-order valence-corrected chi connectivity index (χ0v) is 11.0. The van der Waals surface area contributed by atoms with Gasteiger partial charge in [0.15, 0.2) is 5.96 Å². The SMILES string of the molecule is CCCNC(=NC)N1CC(C)(C)C1(C)C. The van der Waals surface area contributed by atoms with Gasteiger partial charge in [-0.1, -0.05) is 20.8 Å². The molecule has 0 aromatic rings. The molecular formula is C12H25N3. The highest BCUT2D eigenvalue weighted by molar-refractivity contribution is 5.81. The van der Waals surface area contributed by atoms with Crippen molar-refractivity contribution in [2.24, 2.45) is 10.4 Å². The van der Waals surface area contributed by atoms with Crippen molar-refractivity contribution in [2.75, 3.05) is 20.1 Å². The molecule has 0 atom stereocenters. The molecule has 1 aliphatic rings. The van der Waals surface area contributed by atoms with Crippen LogP contribution in [-0.2, 0) is 0 Å². The van der Waals surface area contributed by atoms with E-state index in [0.717, 1.165) is 25.5 Å². The lowest BCUT2D eigenvalue weighted by Gasteiger charge is -2.62. The second-order valence-corrected chi connectivity index (χ2v) is 5.50. The van der Waals surface area contributed by atoms with Crippen LogP contribution < -0.4 is 5.32 Å². The Morgan fingerprint density at radius 3 is 2.27 bits per heavy atom. The van der Waals surface area contributed by atoms with Crippen LogP contribution in [0, 0.1) is 5.41 Å². The van der Waals surface area contributed by atoms with Crippen molar-refractivity contribution in [3.05, 3.63) is 0 Å². The van der Waals surface area contributed by atoms with Crippen LogP contribution in [-0.4, -0.2) is 36.5 Å². The van der Waals surface area contributed by atoms with Gasteiger partial charge in [0, 0.05) is 31.1 Å². The summed E-state index contributed by atoms with van der Waals surface area (Å²) < 4.78 is 0. The zero-order valence-electron chi connectivity index (χ0n) is 11.0. The third-order valence-electron chi connectivity index (χ3n) is 3.88. The average Bonchev–Trinajstić information content (AvgIpc) is 2.17. The van der Waals surface area contributed by atoms with Gasteiger partial charge >= 0.3 is 0 Å². The molecule has 1 aliphatic heterocycles. The molecule has 0 radical (unpaired) electrons. The Hall–Kier alpha value is -0.730. The normalized spacial score (nSPS) is 23.6. The first-order valence-corrected chi connectivity index (χ1v) is 5.85. The summed E-state index contributed by atoms with van der Waals surface area (Å²) in [6, 6.07) is 0. The number of aliphatic imine (C=N–C) groups is 1. The first-order chi connectivity index (χ1) is 6.86. The van der Waals surface area contributed by atoms with Crippen LogP contribution in [0.4, 0.5) is 0 Å². The average molecular weight is 211 g/mol. The Morgan fingerprint density at radius 1 is 1.33 bits per heavy atom. The molecule has 0 aliphatic carbocycles. The van der Waals surface area contributed by atoms with Crippen molar-refractivity contribution in [3.8, 4) is 0 Å². The molecule has 3 nitrogen and oxygen atoms in total. The van der Waals surface area contributed by atoms with Gasteiger partial charge in [-0.3, -0.25) is 4.99 Å². The van der Waals surface area contributed by atoms with E-state index in [2.05, 4.69) is 49.8 Å². The van der Waals surface area contributed by atoms with Crippen molar-refractivity contribution >= 4 is 5.96 Å². The molecule has 88 valence electrons. The number of hydrogen-bond donors (Lipinski definition) is 1. The third kappa shape index (κ3) is 1.97. The van der Waals surface area contributed by atoms with Gasteiger partial charge in [0.05, 0.1) is 0 Å². The van der Waals surface area contributed by atoms with Gasteiger partial charge in [-0.25, -0.2) is 0 Å². The van der Waals surface area contributed by atoms with Gasteiger partial charge in [0.1, 0.15) is 0 Å². The first-order valence-electron chi connectivity index (χ1n) is 5.85. The lowest BCUT2D eigenvalue weighted by molar-refractivity contribution is -0.0667. The minimum absolute atomic E-state index is 0.197. The van der Waals surface area contributed by atoms with Gasteiger partial charge in [0.2, 0.25) is 0 Å². The minimum atomic E-state index is 0.197. The Balaban J connectivity index is 2.67. The molecule has 1 rings (SSSR count). The number of guanidine groups is 1. The fraction of sp³-hybridized carbons (Fsp3) is 0.917. The molecule has 1 heterocycles. The van der Waals surface area contributed by atoms with E-state index >= 15 is 0 Å².